The molecule has 0 saturated heterocycles. The average Bonchev–Trinajstić information content (AvgIpc) is 2.82. The van der Waals surface area contributed by atoms with Crippen molar-refractivity contribution >= 4 is 11.9 Å². The minimum atomic E-state index is -0.908. The van der Waals surface area contributed by atoms with E-state index < -0.39 is 5.97 Å². The van der Waals surface area contributed by atoms with E-state index in [-0.39, 0.29) is 30.2 Å². The van der Waals surface area contributed by atoms with E-state index >= 15 is 0 Å². The summed E-state index contributed by atoms with van der Waals surface area (Å²) in [7, 11) is 0. The molecular formula is C15H25N3O3. The molecule has 0 saturated carbocycles. The number of nitrogens with one attached hydrogen (secondary N) is 1. The van der Waals surface area contributed by atoms with E-state index in [9.17, 15) is 9.59 Å². The van der Waals surface area contributed by atoms with Crippen molar-refractivity contribution in [3.05, 3.63) is 17.5 Å². The lowest BCUT2D eigenvalue weighted by Crippen LogP contribution is -2.36. The molecule has 0 aliphatic heterocycles. The van der Waals surface area contributed by atoms with Crippen LogP contribution in [-0.4, -0.2) is 45.2 Å². The predicted molar refractivity (Wildman–Crippen MR) is 80.3 cm³/mol. The number of nitrogens with zero attached hydrogens (tertiary/aromatic N) is 2. The Labute approximate surface area is 125 Å². The third-order valence-electron chi connectivity index (χ3n) is 3.07. The van der Waals surface area contributed by atoms with Crippen molar-refractivity contribution in [1.29, 1.82) is 0 Å². The summed E-state index contributed by atoms with van der Waals surface area (Å²) in [6.07, 6.45) is -0.0605. The molecule has 2 N–H and O–H groups in total. The Morgan fingerprint density at radius 3 is 2.43 bits per heavy atom. The molecule has 1 aromatic rings. The number of aliphatic carboxylic acids is 1. The number of carbonyl (C=O) groups is 2. The average molecular weight is 295 g/mol. The molecular weight excluding hydrogens is 270 g/mol. The van der Waals surface area contributed by atoms with E-state index in [2.05, 4.69) is 10.2 Å². The van der Waals surface area contributed by atoms with Gasteiger partial charge in [0, 0.05) is 24.2 Å². The SMILES string of the molecule is CC(C)CN(CCC(=O)O)C(=O)c1cc(C(C)(C)C)[nH]n1. The summed E-state index contributed by atoms with van der Waals surface area (Å²) in [4.78, 5) is 24.8. The van der Waals surface area contributed by atoms with Gasteiger partial charge in [-0.25, -0.2) is 0 Å². The molecule has 0 fully saturated rings. The summed E-state index contributed by atoms with van der Waals surface area (Å²) in [5.74, 6) is -0.866. The molecule has 1 rings (SSSR count). The summed E-state index contributed by atoms with van der Waals surface area (Å²) in [6, 6.07) is 1.75. The maximum atomic E-state index is 12.5. The van der Waals surface area contributed by atoms with E-state index in [0.29, 0.717) is 12.2 Å². The molecule has 0 radical (unpaired) electrons. The van der Waals surface area contributed by atoms with Gasteiger partial charge in [-0.3, -0.25) is 14.7 Å². The number of hydrogen-bond acceptors (Lipinski definition) is 3. The van der Waals surface area contributed by atoms with Crippen LogP contribution in [0.3, 0.4) is 0 Å². The first-order valence-corrected chi connectivity index (χ1v) is 7.18. The van der Waals surface area contributed by atoms with Crippen molar-refractivity contribution in [3.63, 3.8) is 0 Å². The van der Waals surface area contributed by atoms with Gasteiger partial charge in [-0.1, -0.05) is 34.6 Å². The number of aromatic amines is 1. The molecule has 1 amide bonds. The molecule has 0 aliphatic rings. The van der Waals surface area contributed by atoms with E-state index in [1.54, 1.807) is 11.0 Å². The van der Waals surface area contributed by atoms with Gasteiger partial charge in [0.2, 0.25) is 0 Å². The summed E-state index contributed by atoms with van der Waals surface area (Å²) in [5.41, 5.74) is 1.11. The molecule has 21 heavy (non-hydrogen) atoms. The highest BCUT2D eigenvalue weighted by molar-refractivity contribution is 5.92. The van der Waals surface area contributed by atoms with E-state index in [1.807, 2.05) is 34.6 Å². The van der Waals surface area contributed by atoms with Crippen molar-refractivity contribution in [3.8, 4) is 0 Å². The van der Waals surface area contributed by atoms with Crippen molar-refractivity contribution < 1.29 is 14.7 Å². The number of carboxylic acids is 1. The molecule has 0 unspecified atom stereocenters. The first-order valence-electron chi connectivity index (χ1n) is 7.18. The Hall–Kier alpha value is -1.85. The van der Waals surface area contributed by atoms with Crippen LogP contribution in [0.1, 0.15) is 57.2 Å². The quantitative estimate of drug-likeness (QED) is 0.843. The number of H-pyrrole nitrogens is 1. The minimum Gasteiger partial charge on any atom is -0.481 e. The van der Waals surface area contributed by atoms with Crippen molar-refractivity contribution in [2.75, 3.05) is 13.1 Å². The third-order valence-corrected chi connectivity index (χ3v) is 3.07. The van der Waals surface area contributed by atoms with Crippen LogP contribution >= 0.6 is 0 Å². The van der Waals surface area contributed by atoms with Crippen LogP contribution in [-0.2, 0) is 10.2 Å². The third kappa shape index (κ3) is 5.21. The number of aromatic nitrogens is 2. The Balaban J connectivity index is 2.88. The fraction of sp³-hybridized carbons (Fsp3) is 0.667. The van der Waals surface area contributed by atoms with Gasteiger partial charge >= 0.3 is 5.97 Å². The molecule has 0 atom stereocenters. The molecule has 6 heteroatoms. The number of hydrogen-bond donors (Lipinski definition) is 2. The summed E-state index contributed by atoms with van der Waals surface area (Å²) >= 11 is 0. The summed E-state index contributed by atoms with van der Waals surface area (Å²) in [5, 5.41) is 15.8. The van der Waals surface area contributed by atoms with Crippen LogP contribution in [0.5, 0.6) is 0 Å². The van der Waals surface area contributed by atoms with Gasteiger partial charge in [-0.15, -0.1) is 0 Å². The molecule has 1 aromatic heterocycles. The number of carbonyl (C=O) groups excluding carboxylic acids is 1. The molecule has 0 aliphatic carbocycles. The van der Waals surface area contributed by atoms with Crippen LogP contribution in [0.25, 0.3) is 0 Å². The van der Waals surface area contributed by atoms with E-state index in [4.69, 9.17) is 5.11 Å². The van der Waals surface area contributed by atoms with Gasteiger partial charge < -0.3 is 10.0 Å². The van der Waals surface area contributed by atoms with Gasteiger partial charge in [0.05, 0.1) is 6.42 Å². The lowest BCUT2D eigenvalue weighted by atomic mass is 9.92. The molecule has 1 heterocycles. The second-order valence-corrected chi connectivity index (χ2v) is 6.71. The zero-order valence-electron chi connectivity index (χ0n) is 13.4. The van der Waals surface area contributed by atoms with Gasteiger partial charge in [-0.05, 0) is 12.0 Å². The molecule has 6 nitrogen and oxygen atoms in total. The van der Waals surface area contributed by atoms with Crippen LogP contribution in [0.2, 0.25) is 0 Å². The highest BCUT2D eigenvalue weighted by Gasteiger charge is 2.23. The van der Waals surface area contributed by atoms with Gasteiger partial charge in [0.15, 0.2) is 0 Å². The van der Waals surface area contributed by atoms with Gasteiger partial charge in [0.1, 0.15) is 5.69 Å². The van der Waals surface area contributed by atoms with Crippen molar-refractivity contribution in [2.24, 2.45) is 5.92 Å². The van der Waals surface area contributed by atoms with Crippen molar-refractivity contribution in [1.82, 2.24) is 15.1 Å². The zero-order chi connectivity index (χ0) is 16.2. The summed E-state index contributed by atoms with van der Waals surface area (Å²) in [6.45, 7) is 10.8. The van der Waals surface area contributed by atoms with Crippen LogP contribution in [0, 0.1) is 5.92 Å². The van der Waals surface area contributed by atoms with Crippen molar-refractivity contribution in [2.45, 2.75) is 46.5 Å². The van der Waals surface area contributed by atoms with Crippen LogP contribution in [0.15, 0.2) is 6.07 Å². The summed E-state index contributed by atoms with van der Waals surface area (Å²) < 4.78 is 0. The molecule has 0 aromatic carbocycles. The standard InChI is InChI=1S/C15H25N3O3/c1-10(2)9-18(7-6-13(19)20)14(21)11-8-12(17-16-11)15(3,4)5/h8,10H,6-7,9H2,1-5H3,(H,16,17)(H,19,20). The van der Waals surface area contributed by atoms with Gasteiger partial charge in [0.25, 0.3) is 5.91 Å². The second kappa shape index (κ2) is 6.74. The largest absolute Gasteiger partial charge is 0.481 e. The Morgan fingerprint density at radius 1 is 1.38 bits per heavy atom. The molecule has 118 valence electrons. The first-order chi connectivity index (χ1) is 9.61. The fourth-order valence-electron chi connectivity index (χ4n) is 1.92. The highest BCUT2D eigenvalue weighted by Crippen LogP contribution is 2.21. The maximum absolute atomic E-state index is 12.5. The number of rotatable bonds is 6. The Kier molecular flexibility index (Phi) is 5.52. The van der Waals surface area contributed by atoms with Crippen LogP contribution < -0.4 is 0 Å². The van der Waals surface area contributed by atoms with E-state index in [0.717, 1.165) is 5.69 Å². The lowest BCUT2D eigenvalue weighted by Gasteiger charge is -2.23. The maximum Gasteiger partial charge on any atom is 0.305 e. The Bertz CT molecular complexity index is 501. The normalized spacial score (nSPS) is 11.7. The smallest absolute Gasteiger partial charge is 0.305 e. The zero-order valence-corrected chi connectivity index (χ0v) is 13.4. The van der Waals surface area contributed by atoms with E-state index in [1.165, 1.54) is 0 Å². The molecule has 0 bridgehead atoms. The second-order valence-electron chi connectivity index (χ2n) is 6.71. The highest BCUT2D eigenvalue weighted by atomic mass is 16.4. The topological polar surface area (TPSA) is 86.3 Å². The van der Waals surface area contributed by atoms with Crippen LogP contribution in [0.4, 0.5) is 0 Å². The number of carboxylic acid groups (broad SMARTS) is 1. The molecule has 0 spiro atoms. The minimum absolute atomic E-state index is 0.0605. The first kappa shape index (κ1) is 17.2. The lowest BCUT2D eigenvalue weighted by molar-refractivity contribution is -0.137. The monoisotopic (exact) mass is 295 g/mol. The Morgan fingerprint density at radius 2 is 2.00 bits per heavy atom. The fourth-order valence-corrected chi connectivity index (χ4v) is 1.92. The number of amides is 1. The van der Waals surface area contributed by atoms with Gasteiger partial charge in [-0.2, -0.15) is 5.10 Å². The predicted octanol–water partition coefficient (Wildman–Crippen LogP) is 2.28.